The third-order valence-electron chi connectivity index (χ3n) is 3.90. The minimum Gasteiger partial charge on any atom is -0.389 e. The van der Waals surface area contributed by atoms with Crippen molar-refractivity contribution < 1.29 is 5.11 Å². The van der Waals surface area contributed by atoms with Gasteiger partial charge in [-0.2, -0.15) is 0 Å². The fourth-order valence-corrected chi connectivity index (χ4v) is 2.55. The molecule has 1 unspecified atom stereocenters. The Balaban J connectivity index is 3.21. The van der Waals surface area contributed by atoms with Crippen LogP contribution in [0.1, 0.15) is 48.0 Å². The first kappa shape index (κ1) is 10.8. The second-order valence-electron chi connectivity index (χ2n) is 5.85. The topological polar surface area (TPSA) is 20.2 Å². The molecule has 0 aromatic rings. The Labute approximate surface area is 81.9 Å². The van der Waals surface area contributed by atoms with Gasteiger partial charge in [-0.3, -0.25) is 0 Å². The predicted molar refractivity (Wildman–Crippen MR) is 56.6 cm³/mol. The highest BCUT2D eigenvalue weighted by molar-refractivity contribution is 5.21. The molecule has 1 N–H and O–H groups in total. The highest BCUT2D eigenvalue weighted by Crippen LogP contribution is 2.52. The van der Waals surface area contributed by atoms with Crippen LogP contribution in [0, 0.1) is 10.8 Å². The number of hydrogen-bond acceptors (Lipinski definition) is 1. The zero-order valence-electron chi connectivity index (χ0n) is 9.73. The summed E-state index contributed by atoms with van der Waals surface area (Å²) in [6.07, 6.45) is 3.20. The summed E-state index contributed by atoms with van der Waals surface area (Å²) in [7, 11) is 0. The average Bonchev–Trinajstić information content (AvgIpc) is 1.80. The molecular weight excluding hydrogens is 160 g/mol. The van der Waals surface area contributed by atoms with Gasteiger partial charge in [0.2, 0.25) is 0 Å². The van der Waals surface area contributed by atoms with Crippen LogP contribution in [0.3, 0.4) is 0 Å². The van der Waals surface area contributed by atoms with Crippen molar-refractivity contribution in [2.45, 2.75) is 53.6 Å². The first-order chi connectivity index (χ1) is 5.60. The first-order valence-electron chi connectivity index (χ1n) is 5.01. The Morgan fingerprint density at radius 2 is 1.62 bits per heavy atom. The maximum atomic E-state index is 10.5. The highest BCUT2D eigenvalue weighted by Gasteiger charge is 2.51. The molecule has 13 heavy (non-hydrogen) atoms. The van der Waals surface area contributed by atoms with Gasteiger partial charge < -0.3 is 5.11 Å². The maximum absolute atomic E-state index is 10.5. The van der Waals surface area contributed by atoms with E-state index in [1.54, 1.807) is 0 Å². The minimum absolute atomic E-state index is 0.0324. The van der Waals surface area contributed by atoms with E-state index in [9.17, 15) is 5.11 Å². The molecule has 0 saturated carbocycles. The fourth-order valence-electron chi connectivity index (χ4n) is 2.55. The Kier molecular flexibility index (Phi) is 2.16. The molecule has 0 heterocycles. The van der Waals surface area contributed by atoms with Crippen molar-refractivity contribution in [3.63, 3.8) is 0 Å². The van der Waals surface area contributed by atoms with Crippen LogP contribution in [-0.4, -0.2) is 10.7 Å². The van der Waals surface area contributed by atoms with Gasteiger partial charge in [0.1, 0.15) is 0 Å². The molecule has 0 radical (unpaired) electrons. The minimum atomic E-state index is -0.625. The van der Waals surface area contributed by atoms with Gasteiger partial charge in [0, 0.05) is 5.41 Å². The van der Waals surface area contributed by atoms with E-state index < -0.39 is 5.60 Å². The Bertz CT molecular complexity index is 244. The molecule has 1 heteroatoms. The second-order valence-corrected chi connectivity index (χ2v) is 5.85. The molecule has 1 aliphatic rings. The Hall–Kier alpha value is -0.300. The van der Waals surface area contributed by atoms with E-state index in [0.717, 1.165) is 6.42 Å². The van der Waals surface area contributed by atoms with E-state index in [2.05, 4.69) is 40.7 Å². The van der Waals surface area contributed by atoms with Crippen LogP contribution < -0.4 is 0 Å². The van der Waals surface area contributed by atoms with Crippen LogP contribution in [0.4, 0.5) is 0 Å². The van der Waals surface area contributed by atoms with Crippen molar-refractivity contribution >= 4 is 0 Å². The second kappa shape index (κ2) is 2.60. The van der Waals surface area contributed by atoms with E-state index in [1.807, 2.05) is 6.92 Å². The zero-order valence-corrected chi connectivity index (χ0v) is 9.73. The molecule has 0 bridgehead atoms. The molecule has 0 fully saturated rings. The van der Waals surface area contributed by atoms with E-state index in [4.69, 9.17) is 0 Å². The van der Waals surface area contributed by atoms with Crippen molar-refractivity contribution in [3.05, 3.63) is 11.6 Å². The monoisotopic (exact) mass is 182 g/mol. The zero-order chi connectivity index (χ0) is 10.5. The van der Waals surface area contributed by atoms with Gasteiger partial charge in [0.15, 0.2) is 0 Å². The fraction of sp³-hybridized carbons (Fsp3) is 0.833. The molecule has 0 spiro atoms. The lowest BCUT2D eigenvalue weighted by Gasteiger charge is -2.53. The predicted octanol–water partition coefficient (Wildman–Crippen LogP) is 3.14. The lowest BCUT2D eigenvalue weighted by Crippen LogP contribution is -2.54. The van der Waals surface area contributed by atoms with Gasteiger partial charge >= 0.3 is 0 Å². The van der Waals surface area contributed by atoms with Gasteiger partial charge in [-0.15, -0.1) is 0 Å². The number of aliphatic hydroxyl groups is 1. The number of rotatable bonds is 0. The smallest absolute Gasteiger partial charge is 0.0758 e. The van der Waals surface area contributed by atoms with Crippen molar-refractivity contribution in [2.75, 3.05) is 0 Å². The van der Waals surface area contributed by atoms with Crippen LogP contribution in [0.25, 0.3) is 0 Å². The molecule has 76 valence electrons. The molecule has 0 amide bonds. The molecule has 0 aromatic carbocycles. The summed E-state index contributed by atoms with van der Waals surface area (Å²) in [5.74, 6) is 0. The number of allylic oxidation sites excluding steroid dienone is 1. The van der Waals surface area contributed by atoms with E-state index in [0.29, 0.717) is 0 Å². The van der Waals surface area contributed by atoms with E-state index in [1.165, 1.54) is 5.57 Å². The summed E-state index contributed by atoms with van der Waals surface area (Å²) < 4.78 is 0. The maximum Gasteiger partial charge on any atom is 0.0758 e. The van der Waals surface area contributed by atoms with E-state index in [-0.39, 0.29) is 10.8 Å². The van der Waals surface area contributed by atoms with Crippen molar-refractivity contribution in [2.24, 2.45) is 10.8 Å². The van der Waals surface area contributed by atoms with Crippen LogP contribution in [0.5, 0.6) is 0 Å². The lowest BCUT2D eigenvalue weighted by atomic mass is 9.56. The van der Waals surface area contributed by atoms with Crippen molar-refractivity contribution in [1.82, 2.24) is 0 Å². The molecule has 0 aromatic heterocycles. The normalized spacial score (nSPS) is 37.0. The summed E-state index contributed by atoms with van der Waals surface area (Å²) in [5.41, 5.74) is 0.606. The van der Waals surface area contributed by atoms with Gasteiger partial charge in [0.25, 0.3) is 0 Å². The largest absolute Gasteiger partial charge is 0.389 e. The third kappa shape index (κ3) is 1.43. The van der Waals surface area contributed by atoms with Gasteiger partial charge in [-0.1, -0.05) is 39.3 Å². The molecule has 1 aliphatic carbocycles. The summed E-state index contributed by atoms with van der Waals surface area (Å²) in [6, 6.07) is 0. The van der Waals surface area contributed by atoms with Gasteiger partial charge in [-0.05, 0) is 25.7 Å². The molecule has 1 atom stereocenters. The summed E-state index contributed by atoms with van der Waals surface area (Å²) >= 11 is 0. The SMILES string of the molecule is CC1=CC(C)(C)C(C)(O)C(C)(C)C1. The summed E-state index contributed by atoms with van der Waals surface area (Å²) in [5, 5.41) is 10.5. The third-order valence-corrected chi connectivity index (χ3v) is 3.90. The first-order valence-corrected chi connectivity index (χ1v) is 5.01. The van der Waals surface area contributed by atoms with Crippen molar-refractivity contribution in [1.29, 1.82) is 0 Å². The highest BCUT2D eigenvalue weighted by atomic mass is 16.3. The van der Waals surface area contributed by atoms with Crippen LogP contribution in [0.2, 0.25) is 0 Å². The molecule has 1 rings (SSSR count). The van der Waals surface area contributed by atoms with Crippen molar-refractivity contribution in [3.8, 4) is 0 Å². The van der Waals surface area contributed by atoms with Gasteiger partial charge in [0.05, 0.1) is 5.60 Å². The van der Waals surface area contributed by atoms with E-state index >= 15 is 0 Å². The number of hydrogen-bond donors (Lipinski definition) is 1. The molecular formula is C12H22O. The average molecular weight is 182 g/mol. The Morgan fingerprint density at radius 1 is 1.15 bits per heavy atom. The molecule has 0 saturated heterocycles. The van der Waals surface area contributed by atoms with Crippen LogP contribution in [-0.2, 0) is 0 Å². The van der Waals surface area contributed by atoms with Crippen LogP contribution >= 0.6 is 0 Å². The summed E-state index contributed by atoms with van der Waals surface area (Å²) in [6.45, 7) is 12.6. The Morgan fingerprint density at radius 3 is 2.00 bits per heavy atom. The standard InChI is InChI=1S/C12H22O/c1-9-7-10(2,3)12(6,13)11(4,5)8-9/h7,13H,8H2,1-6H3. The molecule has 0 aliphatic heterocycles. The summed E-state index contributed by atoms with van der Waals surface area (Å²) in [4.78, 5) is 0. The quantitative estimate of drug-likeness (QED) is 0.571. The molecule has 1 nitrogen and oxygen atoms in total. The van der Waals surface area contributed by atoms with Gasteiger partial charge in [-0.25, -0.2) is 0 Å². The lowest BCUT2D eigenvalue weighted by molar-refractivity contribution is -0.124. The van der Waals surface area contributed by atoms with Crippen LogP contribution in [0.15, 0.2) is 11.6 Å².